The van der Waals surface area contributed by atoms with Crippen molar-refractivity contribution in [3.8, 4) is 0 Å². The molecule has 3 aromatic rings. The molecule has 0 bridgehead atoms. The number of aromatic carboxylic acids is 1. The van der Waals surface area contributed by atoms with Gasteiger partial charge in [0, 0.05) is 16.1 Å². The second-order valence-electron chi connectivity index (χ2n) is 5.67. The minimum absolute atomic E-state index is 0.186. The number of nitrogens with zero attached hydrogens (tertiary/aromatic N) is 2. The molecule has 0 saturated carbocycles. The quantitative estimate of drug-likeness (QED) is 0.734. The maximum Gasteiger partial charge on any atom is 0.357 e. The van der Waals surface area contributed by atoms with Crippen LogP contribution in [0.15, 0.2) is 47.3 Å². The number of hydrogen-bond acceptors (Lipinski definition) is 4. The van der Waals surface area contributed by atoms with Crippen LogP contribution in [0.5, 0.6) is 0 Å². The highest BCUT2D eigenvalue weighted by Crippen LogP contribution is 2.20. The van der Waals surface area contributed by atoms with Gasteiger partial charge in [-0.15, -0.1) is 0 Å². The van der Waals surface area contributed by atoms with Crippen LogP contribution in [0.1, 0.15) is 16.1 Å². The topological polar surface area (TPSA) is 101 Å². The Bertz CT molecular complexity index is 1090. The lowest BCUT2D eigenvalue weighted by molar-refractivity contribution is -0.117. The third-order valence-corrected chi connectivity index (χ3v) is 4.23. The van der Waals surface area contributed by atoms with Crippen molar-refractivity contribution >= 4 is 39.9 Å². The molecule has 0 aliphatic heterocycles. The van der Waals surface area contributed by atoms with E-state index in [0.29, 0.717) is 10.7 Å². The summed E-state index contributed by atoms with van der Waals surface area (Å²) in [4.78, 5) is 36.2. The van der Waals surface area contributed by atoms with E-state index in [-0.39, 0.29) is 16.5 Å². The molecule has 132 valence electrons. The summed E-state index contributed by atoms with van der Waals surface area (Å²) in [6.07, 6.45) is 0. The zero-order chi connectivity index (χ0) is 18.8. The zero-order valence-electron chi connectivity index (χ0n) is 13.7. The number of carbonyl (C=O) groups excluding carboxylic acids is 1. The number of carboxylic acid groups (broad SMARTS) is 1. The van der Waals surface area contributed by atoms with Crippen LogP contribution in [0.4, 0.5) is 5.69 Å². The Morgan fingerprint density at radius 3 is 2.54 bits per heavy atom. The van der Waals surface area contributed by atoms with Gasteiger partial charge in [-0.1, -0.05) is 35.9 Å². The van der Waals surface area contributed by atoms with Crippen LogP contribution in [0.25, 0.3) is 10.8 Å². The fraction of sp³-hybridized carbons (Fsp3) is 0.111. The second kappa shape index (κ2) is 6.97. The predicted octanol–water partition coefficient (Wildman–Crippen LogP) is 2.70. The Hall–Kier alpha value is -3.19. The van der Waals surface area contributed by atoms with E-state index in [4.69, 9.17) is 11.6 Å². The van der Waals surface area contributed by atoms with Gasteiger partial charge in [0.15, 0.2) is 5.69 Å². The monoisotopic (exact) mass is 371 g/mol. The highest BCUT2D eigenvalue weighted by Gasteiger charge is 2.17. The second-order valence-corrected chi connectivity index (χ2v) is 6.08. The molecule has 1 aromatic heterocycles. The standard InChI is InChI=1S/C18H14ClN3O4/c1-10-6-7-11(8-14(10)19)20-15(23)9-22-17(24)13-5-3-2-4-12(13)16(21-22)18(25)26/h2-8H,9H2,1H3,(H,20,23)(H,25,26). The fourth-order valence-electron chi connectivity index (χ4n) is 2.51. The summed E-state index contributed by atoms with van der Waals surface area (Å²) in [5, 5.41) is 16.7. The van der Waals surface area contributed by atoms with E-state index >= 15 is 0 Å². The molecular formula is C18H14ClN3O4. The number of nitrogens with one attached hydrogen (secondary N) is 1. The van der Waals surface area contributed by atoms with E-state index in [1.165, 1.54) is 12.1 Å². The van der Waals surface area contributed by atoms with E-state index < -0.39 is 24.0 Å². The maximum absolute atomic E-state index is 12.5. The van der Waals surface area contributed by atoms with Crippen molar-refractivity contribution in [1.82, 2.24) is 9.78 Å². The number of anilines is 1. The molecule has 0 spiro atoms. The lowest BCUT2D eigenvalue weighted by atomic mass is 10.1. The molecule has 0 aliphatic carbocycles. The molecule has 1 heterocycles. The highest BCUT2D eigenvalue weighted by atomic mass is 35.5. The van der Waals surface area contributed by atoms with Crippen molar-refractivity contribution in [3.05, 3.63) is 69.1 Å². The van der Waals surface area contributed by atoms with Crippen LogP contribution in [0, 0.1) is 6.92 Å². The predicted molar refractivity (Wildman–Crippen MR) is 97.8 cm³/mol. The van der Waals surface area contributed by atoms with E-state index in [0.717, 1.165) is 10.2 Å². The minimum Gasteiger partial charge on any atom is -0.476 e. The van der Waals surface area contributed by atoms with Gasteiger partial charge in [-0.25, -0.2) is 9.48 Å². The Morgan fingerprint density at radius 2 is 1.88 bits per heavy atom. The van der Waals surface area contributed by atoms with Gasteiger partial charge in [0.05, 0.1) is 5.39 Å². The van der Waals surface area contributed by atoms with Crippen LogP contribution in [0.3, 0.4) is 0 Å². The first-order valence-corrected chi connectivity index (χ1v) is 8.04. The number of hydrogen-bond donors (Lipinski definition) is 2. The number of benzene rings is 2. The SMILES string of the molecule is Cc1ccc(NC(=O)Cn2nc(C(=O)O)c3ccccc3c2=O)cc1Cl. The molecule has 1 amide bonds. The average Bonchev–Trinajstić information content (AvgIpc) is 2.60. The Kier molecular flexibility index (Phi) is 4.73. The molecule has 0 saturated heterocycles. The van der Waals surface area contributed by atoms with Gasteiger partial charge in [0.1, 0.15) is 6.54 Å². The molecule has 26 heavy (non-hydrogen) atoms. The number of aryl methyl sites for hydroxylation is 1. The number of aromatic nitrogens is 2. The maximum atomic E-state index is 12.5. The summed E-state index contributed by atoms with van der Waals surface area (Å²) < 4.78 is 0.844. The summed E-state index contributed by atoms with van der Waals surface area (Å²) in [6, 6.07) is 11.3. The van der Waals surface area contributed by atoms with E-state index in [1.807, 2.05) is 6.92 Å². The molecule has 3 rings (SSSR count). The number of amides is 1. The van der Waals surface area contributed by atoms with Gasteiger partial charge in [0.25, 0.3) is 5.56 Å². The first-order chi connectivity index (χ1) is 12.4. The molecule has 0 radical (unpaired) electrons. The van der Waals surface area contributed by atoms with Crippen molar-refractivity contribution in [3.63, 3.8) is 0 Å². The Labute approximate surface area is 152 Å². The van der Waals surface area contributed by atoms with Gasteiger partial charge >= 0.3 is 5.97 Å². The van der Waals surface area contributed by atoms with Gasteiger partial charge in [0.2, 0.25) is 5.91 Å². The average molecular weight is 372 g/mol. The van der Waals surface area contributed by atoms with Crippen molar-refractivity contribution in [1.29, 1.82) is 0 Å². The summed E-state index contributed by atoms with van der Waals surface area (Å²) >= 11 is 6.02. The molecule has 2 aromatic carbocycles. The van der Waals surface area contributed by atoms with Crippen molar-refractivity contribution in [2.24, 2.45) is 0 Å². The van der Waals surface area contributed by atoms with Gasteiger partial charge in [-0.05, 0) is 30.7 Å². The third kappa shape index (κ3) is 3.43. The third-order valence-electron chi connectivity index (χ3n) is 3.82. The lowest BCUT2D eigenvalue weighted by Crippen LogP contribution is -2.31. The van der Waals surface area contributed by atoms with Gasteiger partial charge < -0.3 is 10.4 Å². The van der Waals surface area contributed by atoms with Crippen molar-refractivity contribution in [2.45, 2.75) is 13.5 Å². The minimum atomic E-state index is -1.28. The van der Waals surface area contributed by atoms with Crippen LogP contribution in [0.2, 0.25) is 5.02 Å². The number of fused-ring (bicyclic) bond motifs is 1. The van der Waals surface area contributed by atoms with Crippen LogP contribution in [-0.2, 0) is 11.3 Å². The lowest BCUT2D eigenvalue weighted by Gasteiger charge is -2.10. The summed E-state index contributed by atoms with van der Waals surface area (Å²) in [5.41, 5.74) is 0.509. The largest absolute Gasteiger partial charge is 0.476 e. The smallest absolute Gasteiger partial charge is 0.357 e. The van der Waals surface area contributed by atoms with Crippen molar-refractivity contribution in [2.75, 3.05) is 5.32 Å². The van der Waals surface area contributed by atoms with Crippen LogP contribution in [-0.4, -0.2) is 26.8 Å². The molecule has 0 aliphatic rings. The summed E-state index contributed by atoms with van der Waals surface area (Å²) in [6.45, 7) is 1.41. The molecule has 0 unspecified atom stereocenters. The Balaban J connectivity index is 1.94. The molecule has 0 fully saturated rings. The number of carboxylic acids is 1. The zero-order valence-corrected chi connectivity index (χ0v) is 14.4. The molecular weight excluding hydrogens is 358 g/mol. The first kappa shape index (κ1) is 17.6. The van der Waals surface area contributed by atoms with E-state index in [9.17, 15) is 19.5 Å². The molecule has 0 atom stereocenters. The van der Waals surface area contributed by atoms with Gasteiger partial charge in [-0.3, -0.25) is 9.59 Å². The number of halogens is 1. The van der Waals surface area contributed by atoms with Crippen LogP contribution >= 0.6 is 11.6 Å². The number of carbonyl (C=O) groups is 2. The molecule has 7 nitrogen and oxygen atoms in total. The van der Waals surface area contributed by atoms with Crippen molar-refractivity contribution < 1.29 is 14.7 Å². The first-order valence-electron chi connectivity index (χ1n) is 7.66. The fourth-order valence-corrected chi connectivity index (χ4v) is 2.69. The number of rotatable bonds is 4. The summed E-state index contributed by atoms with van der Waals surface area (Å²) in [5.74, 6) is -1.80. The van der Waals surface area contributed by atoms with Crippen LogP contribution < -0.4 is 10.9 Å². The Morgan fingerprint density at radius 1 is 1.19 bits per heavy atom. The highest BCUT2D eigenvalue weighted by molar-refractivity contribution is 6.31. The van der Waals surface area contributed by atoms with Gasteiger partial charge in [-0.2, -0.15) is 5.10 Å². The normalized spacial score (nSPS) is 10.7. The molecule has 2 N–H and O–H groups in total. The van der Waals surface area contributed by atoms with E-state index in [1.54, 1.807) is 30.3 Å². The summed E-state index contributed by atoms with van der Waals surface area (Å²) in [7, 11) is 0. The molecule has 8 heteroatoms. The van der Waals surface area contributed by atoms with E-state index in [2.05, 4.69) is 10.4 Å².